The number of carbonyl (C=O) groups is 2. The van der Waals surface area contributed by atoms with Crippen molar-refractivity contribution in [3.63, 3.8) is 0 Å². The van der Waals surface area contributed by atoms with E-state index in [4.69, 9.17) is 14.6 Å². The number of aryl methyl sites for hydroxylation is 1. The number of aldehydes is 1. The summed E-state index contributed by atoms with van der Waals surface area (Å²) in [5.74, 6) is 1.26. The first-order valence-electron chi connectivity index (χ1n) is 15.1. The number of ether oxygens (including phenoxy) is 2. The van der Waals surface area contributed by atoms with E-state index in [1.165, 1.54) is 73.6 Å². The maximum atomic E-state index is 11.8. The highest BCUT2D eigenvalue weighted by atomic mass is 16.5. The molecule has 0 aromatic heterocycles. The van der Waals surface area contributed by atoms with Gasteiger partial charge in [0.2, 0.25) is 0 Å². The van der Waals surface area contributed by atoms with E-state index in [9.17, 15) is 9.59 Å². The van der Waals surface area contributed by atoms with Gasteiger partial charge in [-0.3, -0.25) is 4.79 Å². The molecule has 41 heavy (non-hydrogen) atoms. The van der Waals surface area contributed by atoms with Crippen molar-refractivity contribution < 1.29 is 24.2 Å². The minimum atomic E-state index is -0.304. The SMILES string of the molecule is C=C(C)C(=O)OCC(COC)CC1CCC(c2ccc(-c3ccc(CCCCC)cc3)cc2)CC1.C=C(C=O)CO. The molecule has 1 atom stereocenters. The number of benzene rings is 2. The number of aliphatic hydroxyl groups is 1. The van der Waals surface area contributed by atoms with E-state index >= 15 is 0 Å². The van der Waals surface area contributed by atoms with E-state index < -0.39 is 0 Å². The van der Waals surface area contributed by atoms with E-state index in [-0.39, 0.29) is 24.1 Å². The number of hydrogen-bond donors (Lipinski definition) is 1. The van der Waals surface area contributed by atoms with Crippen LogP contribution in [0, 0.1) is 11.8 Å². The predicted octanol–water partition coefficient (Wildman–Crippen LogP) is 7.87. The maximum absolute atomic E-state index is 11.8. The van der Waals surface area contributed by atoms with E-state index in [1.807, 2.05) is 0 Å². The molecule has 5 heteroatoms. The smallest absolute Gasteiger partial charge is 0.333 e. The van der Waals surface area contributed by atoms with Crippen LogP contribution >= 0.6 is 0 Å². The van der Waals surface area contributed by atoms with Crippen molar-refractivity contribution >= 4 is 12.3 Å². The van der Waals surface area contributed by atoms with Crippen molar-refractivity contribution in [1.29, 1.82) is 0 Å². The van der Waals surface area contributed by atoms with Crippen LogP contribution in [0.5, 0.6) is 0 Å². The van der Waals surface area contributed by atoms with Gasteiger partial charge in [0, 0.05) is 24.2 Å². The van der Waals surface area contributed by atoms with Gasteiger partial charge in [-0.05, 0) is 86.0 Å². The monoisotopic (exact) mass is 562 g/mol. The van der Waals surface area contributed by atoms with Crippen LogP contribution in [-0.2, 0) is 25.5 Å². The number of aliphatic hydroxyl groups excluding tert-OH is 1. The molecule has 5 nitrogen and oxygen atoms in total. The van der Waals surface area contributed by atoms with Gasteiger partial charge in [0.1, 0.15) is 6.29 Å². The lowest BCUT2D eigenvalue weighted by atomic mass is 9.75. The van der Waals surface area contributed by atoms with Crippen LogP contribution in [0.15, 0.2) is 72.8 Å². The van der Waals surface area contributed by atoms with Gasteiger partial charge in [-0.1, -0.05) is 81.5 Å². The Balaban J connectivity index is 0.000000883. The Morgan fingerprint density at radius 2 is 1.59 bits per heavy atom. The van der Waals surface area contributed by atoms with Crippen LogP contribution in [0.4, 0.5) is 0 Å². The zero-order valence-electron chi connectivity index (χ0n) is 25.4. The van der Waals surface area contributed by atoms with Gasteiger partial charge < -0.3 is 14.6 Å². The van der Waals surface area contributed by atoms with Crippen LogP contribution in [0.25, 0.3) is 11.1 Å². The minimum Gasteiger partial charge on any atom is -0.462 e. The maximum Gasteiger partial charge on any atom is 0.333 e. The molecule has 0 spiro atoms. The van der Waals surface area contributed by atoms with Gasteiger partial charge in [0.05, 0.1) is 19.8 Å². The zero-order valence-corrected chi connectivity index (χ0v) is 25.4. The van der Waals surface area contributed by atoms with Crippen molar-refractivity contribution in [3.8, 4) is 11.1 Å². The predicted molar refractivity (Wildman–Crippen MR) is 168 cm³/mol. The fraction of sp³-hybridized carbons (Fsp3) is 0.500. The molecule has 2 aromatic carbocycles. The Kier molecular flexibility index (Phi) is 16.0. The summed E-state index contributed by atoms with van der Waals surface area (Å²) in [7, 11) is 1.72. The van der Waals surface area contributed by atoms with Crippen LogP contribution in [0.2, 0.25) is 0 Å². The van der Waals surface area contributed by atoms with Gasteiger partial charge >= 0.3 is 5.97 Å². The van der Waals surface area contributed by atoms with E-state index in [0.29, 0.717) is 36.9 Å². The average molecular weight is 563 g/mol. The number of carbonyl (C=O) groups excluding carboxylic acids is 2. The summed E-state index contributed by atoms with van der Waals surface area (Å²) in [4.78, 5) is 21.2. The molecule has 1 aliphatic carbocycles. The van der Waals surface area contributed by atoms with Crippen LogP contribution < -0.4 is 0 Å². The van der Waals surface area contributed by atoms with Crippen molar-refractivity contribution in [2.75, 3.05) is 26.9 Å². The van der Waals surface area contributed by atoms with E-state index in [1.54, 1.807) is 14.0 Å². The standard InChI is InChI=1S/C32H44O3.C4H6O2/c1-5-6-7-8-25-9-13-28(14-10-25)30-17-19-31(20-18-30)29-15-11-26(12-16-29)21-27(22-34-4)23-35-32(33)24(2)3;1-4(2-5)3-6/h9-10,13-14,17-20,26-27,29H,2,5-8,11-12,15-16,21-23H2,1,3-4H3;2,6H,1,3H2. The molecule has 1 fully saturated rings. The molecule has 1 saturated carbocycles. The van der Waals surface area contributed by atoms with Crippen molar-refractivity contribution in [1.82, 2.24) is 0 Å². The number of methoxy groups -OCH3 is 1. The minimum absolute atomic E-state index is 0.218. The van der Waals surface area contributed by atoms with E-state index in [2.05, 4.69) is 68.6 Å². The summed E-state index contributed by atoms with van der Waals surface area (Å²) in [6.07, 6.45) is 11.5. The first kappa shape index (κ1) is 34.2. The first-order valence-corrected chi connectivity index (χ1v) is 15.1. The highest BCUT2D eigenvalue weighted by Gasteiger charge is 2.25. The third-order valence-corrected chi connectivity index (χ3v) is 7.82. The normalized spacial score (nSPS) is 17.1. The molecular weight excluding hydrogens is 512 g/mol. The summed E-state index contributed by atoms with van der Waals surface area (Å²) < 4.78 is 10.8. The molecule has 0 amide bonds. The van der Waals surface area contributed by atoms with Gasteiger partial charge in [0.25, 0.3) is 0 Å². The lowest BCUT2D eigenvalue weighted by molar-refractivity contribution is -0.141. The average Bonchev–Trinajstić information content (AvgIpc) is 3.00. The molecule has 1 N–H and O–H groups in total. The molecule has 3 rings (SSSR count). The highest BCUT2D eigenvalue weighted by Crippen LogP contribution is 2.39. The number of rotatable bonds is 15. The van der Waals surface area contributed by atoms with E-state index in [0.717, 1.165) is 6.42 Å². The molecule has 0 aliphatic heterocycles. The second kappa shape index (κ2) is 19.2. The Morgan fingerprint density at radius 3 is 2.07 bits per heavy atom. The molecule has 1 unspecified atom stereocenters. The quantitative estimate of drug-likeness (QED) is 0.103. The largest absolute Gasteiger partial charge is 0.462 e. The van der Waals surface area contributed by atoms with Crippen molar-refractivity contribution in [3.05, 3.63) is 84.0 Å². The molecule has 2 aromatic rings. The van der Waals surface area contributed by atoms with Crippen LogP contribution in [-0.4, -0.2) is 44.3 Å². The summed E-state index contributed by atoms with van der Waals surface area (Å²) in [6, 6.07) is 18.4. The fourth-order valence-electron chi connectivity index (χ4n) is 5.37. The second-order valence-corrected chi connectivity index (χ2v) is 11.4. The lowest BCUT2D eigenvalue weighted by Crippen LogP contribution is -2.23. The van der Waals surface area contributed by atoms with Gasteiger partial charge in [-0.2, -0.15) is 0 Å². The summed E-state index contributed by atoms with van der Waals surface area (Å²) in [5, 5.41) is 8.00. The Bertz CT molecular complexity index is 1060. The van der Waals surface area contributed by atoms with Crippen LogP contribution in [0.1, 0.15) is 82.3 Å². The van der Waals surface area contributed by atoms with Gasteiger partial charge in [-0.25, -0.2) is 4.79 Å². The zero-order chi connectivity index (χ0) is 30.0. The third kappa shape index (κ3) is 12.6. The summed E-state index contributed by atoms with van der Waals surface area (Å²) in [6.45, 7) is 11.6. The molecular formula is C36H50O5. The molecule has 0 heterocycles. The number of unbranched alkanes of at least 4 members (excludes halogenated alkanes) is 2. The second-order valence-electron chi connectivity index (χ2n) is 11.4. The molecule has 1 aliphatic rings. The van der Waals surface area contributed by atoms with Gasteiger partial charge in [-0.15, -0.1) is 0 Å². The Hall–Kier alpha value is -3.02. The Labute approximate surface area is 247 Å². The molecule has 0 bridgehead atoms. The lowest BCUT2D eigenvalue weighted by Gasteiger charge is -2.31. The van der Waals surface area contributed by atoms with Crippen molar-refractivity contribution in [2.24, 2.45) is 11.8 Å². The number of esters is 1. The molecule has 0 radical (unpaired) electrons. The number of hydrogen-bond acceptors (Lipinski definition) is 5. The topological polar surface area (TPSA) is 72.8 Å². The summed E-state index contributed by atoms with van der Waals surface area (Å²) >= 11 is 0. The van der Waals surface area contributed by atoms with Crippen molar-refractivity contribution in [2.45, 2.75) is 77.6 Å². The Morgan fingerprint density at radius 1 is 0.976 bits per heavy atom. The van der Waals surface area contributed by atoms with Gasteiger partial charge in [0.15, 0.2) is 0 Å². The highest BCUT2D eigenvalue weighted by molar-refractivity contribution is 5.86. The third-order valence-electron chi connectivity index (χ3n) is 7.82. The first-order chi connectivity index (χ1) is 19.8. The summed E-state index contributed by atoms with van der Waals surface area (Å²) in [5.41, 5.74) is 6.18. The fourth-order valence-corrected chi connectivity index (χ4v) is 5.37. The van der Waals surface area contributed by atoms with Crippen LogP contribution in [0.3, 0.4) is 0 Å². The molecule has 224 valence electrons. The molecule has 0 saturated heterocycles.